The first-order valence-electron chi connectivity index (χ1n) is 3.05. The molecule has 0 bridgehead atoms. The highest BCUT2D eigenvalue weighted by Crippen LogP contribution is 2.21. The number of hydrogen-bond acceptors (Lipinski definition) is 1. The van der Waals surface area contributed by atoms with Gasteiger partial charge in [-0.1, -0.05) is 37.9 Å². The van der Waals surface area contributed by atoms with Crippen molar-refractivity contribution in [3.8, 4) is 6.07 Å². The molecule has 0 unspecified atom stereocenters. The number of nitriles is 1. The quantitative estimate of drug-likeness (QED) is 0.771. The first kappa shape index (κ1) is 8.76. The van der Waals surface area contributed by atoms with Gasteiger partial charge in [0.05, 0.1) is 12.5 Å². The van der Waals surface area contributed by atoms with E-state index in [1.54, 1.807) is 0 Å². The van der Waals surface area contributed by atoms with Gasteiger partial charge < -0.3 is 0 Å². The maximum atomic E-state index is 8.43. The summed E-state index contributed by atoms with van der Waals surface area (Å²) in [6, 6.07) is 7.89. The molecule has 1 aromatic rings. The summed E-state index contributed by atoms with van der Waals surface area (Å²) in [7, 11) is 0. The summed E-state index contributed by atoms with van der Waals surface area (Å²) in [6.07, 6.45) is 0.452. The largest absolute Gasteiger partial charge is 0.198 e. The van der Waals surface area contributed by atoms with E-state index < -0.39 is 0 Å². The normalized spacial score (nSPS) is 9.18. The SMILES string of the molecule is N#CCc1ccc(Br)cc1Br. The van der Waals surface area contributed by atoms with Gasteiger partial charge in [0.1, 0.15) is 0 Å². The van der Waals surface area contributed by atoms with Crippen molar-refractivity contribution in [2.45, 2.75) is 6.42 Å². The van der Waals surface area contributed by atoms with Crippen molar-refractivity contribution in [2.75, 3.05) is 0 Å². The van der Waals surface area contributed by atoms with Crippen LogP contribution >= 0.6 is 31.9 Å². The summed E-state index contributed by atoms with van der Waals surface area (Å²) in [5.74, 6) is 0. The second-order valence-electron chi connectivity index (χ2n) is 2.07. The van der Waals surface area contributed by atoms with Crippen molar-refractivity contribution in [1.29, 1.82) is 5.26 Å². The van der Waals surface area contributed by atoms with Crippen molar-refractivity contribution >= 4 is 31.9 Å². The molecule has 1 rings (SSSR count). The van der Waals surface area contributed by atoms with Crippen LogP contribution in [0.1, 0.15) is 5.56 Å². The molecule has 0 aromatic heterocycles. The second kappa shape index (κ2) is 3.89. The van der Waals surface area contributed by atoms with Crippen LogP contribution in [0.4, 0.5) is 0 Å². The van der Waals surface area contributed by atoms with Crippen molar-refractivity contribution in [3.05, 3.63) is 32.7 Å². The predicted octanol–water partition coefficient (Wildman–Crippen LogP) is 3.28. The van der Waals surface area contributed by atoms with Crippen molar-refractivity contribution in [2.24, 2.45) is 0 Å². The van der Waals surface area contributed by atoms with Gasteiger partial charge in [-0.3, -0.25) is 0 Å². The molecule has 56 valence electrons. The van der Waals surface area contributed by atoms with Crippen molar-refractivity contribution < 1.29 is 0 Å². The zero-order valence-corrected chi connectivity index (χ0v) is 8.81. The average Bonchev–Trinajstić information content (AvgIpc) is 1.95. The molecule has 0 N–H and O–H groups in total. The molecule has 3 heteroatoms. The molecule has 0 spiro atoms. The third-order valence-corrected chi connectivity index (χ3v) is 2.52. The number of nitrogens with zero attached hydrogens (tertiary/aromatic N) is 1. The summed E-state index contributed by atoms with van der Waals surface area (Å²) < 4.78 is 2.00. The molecule has 0 fully saturated rings. The Balaban J connectivity index is 3.01. The molecule has 0 amide bonds. The Labute approximate surface area is 82.3 Å². The highest BCUT2D eigenvalue weighted by Gasteiger charge is 1.98. The maximum Gasteiger partial charge on any atom is 0.0670 e. The lowest BCUT2D eigenvalue weighted by molar-refractivity contribution is 1.24. The van der Waals surface area contributed by atoms with E-state index in [0.717, 1.165) is 14.5 Å². The summed E-state index contributed by atoms with van der Waals surface area (Å²) >= 11 is 6.70. The topological polar surface area (TPSA) is 23.8 Å². The Kier molecular flexibility index (Phi) is 3.10. The molecule has 0 radical (unpaired) electrons. The van der Waals surface area contributed by atoms with E-state index in [9.17, 15) is 0 Å². The van der Waals surface area contributed by atoms with Gasteiger partial charge in [0.15, 0.2) is 0 Å². The Hall–Kier alpha value is -0.330. The summed E-state index contributed by atoms with van der Waals surface area (Å²) in [5, 5.41) is 8.43. The smallest absolute Gasteiger partial charge is 0.0670 e. The molecule has 0 heterocycles. The van der Waals surface area contributed by atoms with E-state index in [2.05, 4.69) is 37.9 Å². The van der Waals surface area contributed by atoms with Gasteiger partial charge >= 0.3 is 0 Å². The van der Waals surface area contributed by atoms with Crippen LogP contribution in [0.15, 0.2) is 27.1 Å². The fraction of sp³-hybridized carbons (Fsp3) is 0.125. The molecule has 0 saturated heterocycles. The van der Waals surface area contributed by atoms with Crippen molar-refractivity contribution in [3.63, 3.8) is 0 Å². The maximum absolute atomic E-state index is 8.43. The fourth-order valence-electron chi connectivity index (χ4n) is 0.750. The van der Waals surface area contributed by atoms with Crippen molar-refractivity contribution in [1.82, 2.24) is 0 Å². The molecular weight excluding hydrogens is 270 g/mol. The van der Waals surface area contributed by atoms with E-state index in [4.69, 9.17) is 5.26 Å². The van der Waals surface area contributed by atoms with E-state index in [1.807, 2.05) is 18.2 Å². The van der Waals surface area contributed by atoms with Crippen LogP contribution in [-0.4, -0.2) is 0 Å². The lowest BCUT2D eigenvalue weighted by atomic mass is 10.2. The lowest BCUT2D eigenvalue weighted by Crippen LogP contribution is -1.82. The van der Waals surface area contributed by atoms with Crippen LogP contribution in [0.5, 0.6) is 0 Å². The molecular formula is C8H5Br2N. The molecule has 0 atom stereocenters. The van der Waals surface area contributed by atoms with Crippen LogP contribution in [0.3, 0.4) is 0 Å². The van der Waals surface area contributed by atoms with Crippen LogP contribution in [0.25, 0.3) is 0 Å². The average molecular weight is 275 g/mol. The molecule has 11 heavy (non-hydrogen) atoms. The Morgan fingerprint density at radius 3 is 2.64 bits per heavy atom. The van der Waals surface area contributed by atoms with Crippen LogP contribution in [-0.2, 0) is 6.42 Å². The van der Waals surface area contributed by atoms with Crippen LogP contribution in [0, 0.1) is 11.3 Å². The third kappa shape index (κ3) is 2.32. The Morgan fingerprint density at radius 2 is 2.09 bits per heavy atom. The number of benzene rings is 1. The second-order valence-corrected chi connectivity index (χ2v) is 3.84. The highest BCUT2D eigenvalue weighted by atomic mass is 79.9. The number of rotatable bonds is 1. The van der Waals surface area contributed by atoms with Gasteiger partial charge in [0.2, 0.25) is 0 Å². The predicted molar refractivity (Wildman–Crippen MR) is 51.2 cm³/mol. The van der Waals surface area contributed by atoms with Gasteiger partial charge in [0.25, 0.3) is 0 Å². The minimum Gasteiger partial charge on any atom is -0.198 e. The molecule has 1 aromatic carbocycles. The standard InChI is InChI=1S/C8H5Br2N/c9-7-2-1-6(3-4-11)8(10)5-7/h1-2,5H,3H2. The molecule has 0 aliphatic heterocycles. The van der Waals surface area contributed by atoms with Crippen LogP contribution < -0.4 is 0 Å². The zero-order valence-electron chi connectivity index (χ0n) is 5.64. The van der Waals surface area contributed by atoms with E-state index in [0.29, 0.717) is 6.42 Å². The first-order valence-corrected chi connectivity index (χ1v) is 4.63. The van der Waals surface area contributed by atoms with Gasteiger partial charge in [0, 0.05) is 8.95 Å². The third-order valence-electron chi connectivity index (χ3n) is 1.28. The first-order chi connectivity index (χ1) is 5.24. The van der Waals surface area contributed by atoms with Gasteiger partial charge in [-0.05, 0) is 17.7 Å². The van der Waals surface area contributed by atoms with E-state index in [-0.39, 0.29) is 0 Å². The summed E-state index contributed by atoms with van der Waals surface area (Å²) in [6.45, 7) is 0. The Bertz CT molecular complexity index is 301. The summed E-state index contributed by atoms with van der Waals surface area (Å²) in [4.78, 5) is 0. The monoisotopic (exact) mass is 273 g/mol. The van der Waals surface area contributed by atoms with Gasteiger partial charge in [-0.15, -0.1) is 0 Å². The number of hydrogen-bond donors (Lipinski definition) is 0. The fourth-order valence-corrected chi connectivity index (χ4v) is 1.94. The number of halogens is 2. The highest BCUT2D eigenvalue weighted by molar-refractivity contribution is 9.11. The van der Waals surface area contributed by atoms with Gasteiger partial charge in [-0.25, -0.2) is 0 Å². The minimum absolute atomic E-state index is 0.452. The lowest BCUT2D eigenvalue weighted by Gasteiger charge is -1.98. The van der Waals surface area contributed by atoms with E-state index in [1.165, 1.54) is 0 Å². The molecule has 0 aliphatic rings. The Morgan fingerprint density at radius 1 is 1.36 bits per heavy atom. The zero-order chi connectivity index (χ0) is 8.27. The van der Waals surface area contributed by atoms with Gasteiger partial charge in [-0.2, -0.15) is 5.26 Å². The molecule has 0 saturated carbocycles. The van der Waals surface area contributed by atoms with Crippen LogP contribution in [0.2, 0.25) is 0 Å². The molecule has 1 nitrogen and oxygen atoms in total. The molecule has 0 aliphatic carbocycles. The minimum atomic E-state index is 0.452. The summed E-state index contributed by atoms with van der Waals surface area (Å²) in [5.41, 5.74) is 1.02. The van der Waals surface area contributed by atoms with E-state index >= 15 is 0 Å².